The summed E-state index contributed by atoms with van der Waals surface area (Å²) in [6, 6.07) is 3.70. The molecule has 4 rings (SSSR count). The third kappa shape index (κ3) is 3.37. The van der Waals surface area contributed by atoms with Crippen molar-refractivity contribution in [2.24, 2.45) is 5.73 Å². The van der Waals surface area contributed by atoms with Gasteiger partial charge < -0.3 is 15.2 Å². The molecule has 1 aliphatic carbocycles. The number of halogens is 1. The topological polar surface area (TPSA) is 81.2 Å². The van der Waals surface area contributed by atoms with Crippen LogP contribution in [-0.2, 0) is 4.79 Å². The van der Waals surface area contributed by atoms with Gasteiger partial charge in [-0.15, -0.1) is 0 Å². The smallest absolute Gasteiger partial charge is 0.255 e. The van der Waals surface area contributed by atoms with Crippen LogP contribution >= 0.6 is 0 Å². The lowest BCUT2D eigenvalue weighted by atomic mass is 10.0. The SMILES string of the molecule is NC(=O)C1=CC(n2ccc3cc(C(=O)N4CCC(F)CC4)cnc32)=CCC1. The number of carbonyl (C=O) groups is 2. The number of pyridine rings is 1. The van der Waals surface area contributed by atoms with Gasteiger partial charge in [0.2, 0.25) is 5.91 Å². The Hall–Kier alpha value is -2.96. The predicted octanol–water partition coefficient (Wildman–Crippen LogP) is 2.66. The minimum atomic E-state index is -0.814. The van der Waals surface area contributed by atoms with Gasteiger partial charge in [-0.3, -0.25) is 9.59 Å². The molecule has 7 heteroatoms. The summed E-state index contributed by atoms with van der Waals surface area (Å²) in [5, 5.41) is 0.835. The van der Waals surface area contributed by atoms with Gasteiger partial charge in [-0.1, -0.05) is 6.08 Å². The van der Waals surface area contributed by atoms with Gasteiger partial charge in [0, 0.05) is 42.1 Å². The number of amides is 2. The highest BCUT2D eigenvalue weighted by Gasteiger charge is 2.24. The summed E-state index contributed by atoms with van der Waals surface area (Å²) in [6.45, 7) is 0.874. The molecule has 0 aromatic carbocycles. The standard InChI is InChI=1S/C20H21FN4O2/c21-16-5-7-24(8-6-16)20(27)15-10-14-4-9-25(19(14)23-12-15)17-3-1-2-13(11-17)18(22)26/h3-4,9-12,16H,1-2,5-8H2,(H2,22,26). The second kappa shape index (κ2) is 6.98. The molecule has 0 atom stereocenters. The molecule has 0 spiro atoms. The van der Waals surface area contributed by atoms with Crippen molar-refractivity contribution in [1.82, 2.24) is 14.5 Å². The van der Waals surface area contributed by atoms with Gasteiger partial charge >= 0.3 is 0 Å². The average Bonchev–Trinajstić information content (AvgIpc) is 3.11. The number of alkyl halides is 1. The van der Waals surface area contributed by atoms with E-state index in [1.54, 1.807) is 17.2 Å². The number of rotatable bonds is 3. The predicted molar refractivity (Wildman–Crippen MR) is 101 cm³/mol. The number of hydrogen-bond acceptors (Lipinski definition) is 3. The molecule has 0 saturated carbocycles. The highest BCUT2D eigenvalue weighted by Crippen LogP contribution is 2.26. The molecular formula is C20H21FN4O2. The molecule has 0 unspecified atom stereocenters. The molecule has 0 bridgehead atoms. The van der Waals surface area contributed by atoms with Gasteiger partial charge in [-0.25, -0.2) is 9.37 Å². The Bertz CT molecular complexity index is 968. The molecule has 1 aliphatic heterocycles. The van der Waals surface area contributed by atoms with Crippen LogP contribution in [0.1, 0.15) is 36.0 Å². The molecule has 27 heavy (non-hydrogen) atoms. The van der Waals surface area contributed by atoms with E-state index >= 15 is 0 Å². The van der Waals surface area contributed by atoms with Gasteiger partial charge in [-0.05, 0) is 43.9 Å². The summed E-state index contributed by atoms with van der Waals surface area (Å²) < 4.78 is 15.2. The number of likely N-dealkylation sites (tertiary alicyclic amines) is 1. The lowest BCUT2D eigenvalue weighted by molar-refractivity contribution is -0.114. The molecule has 2 aromatic rings. The van der Waals surface area contributed by atoms with Crippen LogP contribution in [0.2, 0.25) is 0 Å². The molecule has 140 valence electrons. The van der Waals surface area contributed by atoms with Crippen molar-refractivity contribution in [2.45, 2.75) is 31.9 Å². The molecule has 2 N–H and O–H groups in total. The number of fused-ring (bicyclic) bond motifs is 1. The molecule has 2 aromatic heterocycles. The Balaban J connectivity index is 1.61. The van der Waals surface area contributed by atoms with Crippen molar-refractivity contribution in [1.29, 1.82) is 0 Å². The van der Waals surface area contributed by atoms with Gasteiger partial charge in [0.05, 0.1) is 5.56 Å². The number of nitrogens with two attached hydrogens (primary N) is 1. The first-order chi connectivity index (χ1) is 13.0. The van der Waals surface area contributed by atoms with E-state index in [0.717, 1.165) is 17.5 Å². The fourth-order valence-electron chi connectivity index (χ4n) is 3.63. The first kappa shape index (κ1) is 17.5. The summed E-state index contributed by atoms with van der Waals surface area (Å²) >= 11 is 0. The maximum atomic E-state index is 13.3. The van der Waals surface area contributed by atoms with Gasteiger partial charge in [0.15, 0.2) is 0 Å². The molecule has 1 saturated heterocycles. The summed E-state index contributed by atoms with van der Waals surface area (Å²) in [6.07, 6.45) is 8.59. The fourth-order valence-corrected chi connectivity index (χ4v) is 3.63. The Labute approximate surface area is 156 Å². The molecule has 6 nitrogen and oxygen atoms in total. The van der Waals surface area contributed by atoms with E-state index in [1.165, 1.54) is 0 Å². The van der Waals surface area contributed by atoms with Crippen molar-refractivity contribution in [3.63, 3.8) is 0 Å². The second-order valence-electron chi connectivity index (χ2n) is 6.99. The minimum Gasteiger partial charge on any atom is -0.366 e. The zero-order valence-corrected chi connectivity index (χ0v) is 14.9. The summed E-state index contributed by atoms with van der Waals surface area (Å²) in [4.78, 5) is 30.3. The fraction of sp³-hybridized carbons (Fsp3) is 0.350. The number of nitrogens with zero attached hydrogens (tertiary/aromatic N) is 3. The van der Waals surface area contributed by atoms with E-state index in [2.05, 4.69) is 4.98 Å². The normalized spacial score (nSPS) is 18.3. The average molecular weight is 368 g/mol. The maximum Gasteiger partial charge on any atom is 0.255 e. The molecule has 1 fully saturated rings. The van der Waals surface area contributed by atoms with Crippen LogP contribution in [0.25, 0.3) is 16.7 Å². The van der Waals surface area contributed by atoms with Crippen LogP contribution in [-0.4, -0.2) is 45.5 Å². The number of piperidine rings is 1. The van der Waals surface area contributed by atoms with E-state index in [-0.39, 0.29) is 5.91 Å². The molecule has 3 heterocycles. The van der Waals surface area contributed by atoms with Gasteiger partial charge in [0.25, 0.3) is 5.91 Å². The second-order valence-corrected chi connectivity index (χ2v) is 6.99. The lowest BCUT2D eigenvalue weighted by Crippen LogP contribution is -2.39. The summed E-state index contributed by atoms with van der Waals surface area (Å²) in [5.74, 6) is -0.521. The number of primary amides is 1. The third-order valence-electron chi connectivity index (χ3n) is 5.17. The Morgan fingerprint density at radius 1 is 1.26 bits per heavy atom. The molecule has 2 amide bonds. The largest absolute Gasteiger partial charge is 0.366 e. The molecule has 0 radical (unpaired) electrons. The maximum absolute atomic E-state index is 13.3. The van der Waals surface area contributed by atoms with E-state index in [4.69, 9.17) is 5.73 Å². The third-order valence-corrected chi connectivity index (χ3v) is 5.17. The minimum absolute atomic E-state index is 0.114. The van der Waals surface area contributed by atoms with E-state index in [1.807, 2.05) is 29.0 Å². The first-order valence-electron chi connectivity index (χ1n) is 9.14. The highest BCUT2D eigenvalue weighted by atomic mass is 19.1. The Kier molecular flexibility index (Phi) is 4.51. The number of hydrogen-bond donors (Lipinski definition) is 1. The molecule has 2 aliphatic rings. The van der Waals surface area contributed by atoms with Crippen LogP contribution in [0.4, 0.5) is 4.39 Å². The number of carbonyl (C=O) groups excluding carboxylic acids is 2. The van der Waals surface area contributed by atoms with Crippen molar-refractivity contribution < 1.29 is 14.0 Å². The van der Waals surface area contributed by atoms with Crippen LogP contribution in [0.3, 0.4) is 0 Å². The van der Waals surface area contributed by atoms with Crippen LogP contribution < -0.4 is 5.73 Å². The summed E-state index contributed by atoms with van der Waals surface area (Å²) in [7, 11) is 0. The zero-order chi connectivity index (χ0) is 19.0. The van der Waals surface area contributed by atoms with Crippen molar-refractivity contribution in [3.05, 3.63) is 47.8 Å². The Morgan fingerprint density at radius 2 is 2.04 bits per heavy atom. The van der Waals surface area contributed by atoms with E-state index in [9.17, 15) is 14.0 Å². The van der Waals surface area contributed by atoms with Crippen LogP contribution in [0.15, 0.2) is 42.3 Å². The monoisotopic (exact) mass is 368 g/mol. The lowest BCUT2D eigenvalue weighted by Gasteiger charge is -2.28. The quantitative estimate of drug-likeness (QED) is 0.904. The number of aromatic nitrogens is 2. The van der Waals surface area contributed by atoms with Gasteiger partial charge in [0.1, 0.15) is 11.8 Å². The zero-order valence-electron chi connectivity index (χ0n) is 14.9. The van der Waals surface area contributed by atoms with Crippen molar-refractivity contribution >= 4 is 28.5 Å². The van der Waals surface area contributed by atoms with E-state index < -0.39 is 12.1 Å². The van der Waals surface area contributed by atoms with Gasteiger partial charge in [-0.2, -0.15) is 0 Å². The van der Waals surface area contributed by atoms with Crippen LogP contribution in [0.5, 0.6) is 0 Å². The highest BCUT2D eigenvalue weighted by molar-refractivity contribution is 5.98. The first-order valence-corrected chi connectivity index (χ1v) is 9.14. The van der Waals surface area contributed by atoms with Crippen molar-refractivity contribution in [3.8, 4) is 0 Å². The van der Waals surface area contributed by atoms with E-state index in [0.29, 0.717) is 49.1 Å². The number of allylic oxidation sites excluding steroid dienone is 3. The molecular weight excluding hydrogens is 347 g/mol. The summed E-state index contributed by atoms with van der Waals surface area (Å²) in [5.41, 5.74) is 8.06. The van der Waals surface area contributed by atoms with Crippen molar-refractivity contribution in [2.75, 3.05) is 13.1 Å². The van der Waals surface area contributed by atoms with Crippen LogP contribution in [0, 0.1) is 0 Å². The Morgan fingerprint density at radius 3 is 2.78 bits per heavy atom.